The molecule has 1 aromatic rings. The molecule has 0 spiro atoms. The van der Waals surface area contributed by atoms with Gasteiger partial charge in [-0.05, 0) is 31.9 Å². The Morgan fingerprint density at radius 2 is 2.13 bits per heavy atom. The number of para-hydroxylation sites is 2. The van der Waals surface area contributed by atoms with Gasteiger partial charge in [0.25, 0.3) is 5.91 Å². The monoisotopic (exact) mass is 339 g/mol. The molecule has 6 nitrogen and oxygen atoms in total. The van der Waals surface area contributed by atoms with Gasteiger partial charge in [-0.25, -0.2) is 0 Å². The van der Waals surface area contributed by atoms with Crippen LogP contribution in [-0.2, 0) is 9.59 Å². The Hall–Kier alpha value is -1.79. The summed E-state index contributed by atoms with van der Waals surface area (Å²) in [5.74, 6) is 0.403. The SMILES string of the molecule is CC1Oc2ccccc2N(CC(=O)N2CCCC2CN)C1=O.Cl. The molecule has 1 aromatic carbocycles. The molecule has 2 unspecified atom stereocenters. The van der Waals surface area contributed by atoms with Crippen LogP contribution in [0.2, 0.25) is 0 Å². The highest BCUT2D eigenvalue weighted by atomic mass is 35.5. The lowest BCUT2D eigenvalue weighted by Crippen LogP contribution is -2.51. The molecule has 0 aliphatic carbocycles. The second-order valence-corrected chi connectivity index (χ2v) is 5.77. The third kappa shape index (κ3) is 3.28. The zero-order valence-corrected chi connectivity index (χ0v) is 13.9. The van der Waals surface area contributed by atoms with Gasteiger partial charge in [-0.1, -0.05) is 12.1 Å². The predicted molar refractivity (Wildman–Crippen MR) is 89.9 cm³/mol. The summed E-state index contributed by atoms with van der Waals surface area (Å²) in [5, 5.41) is 0. The first kappa shape index (κ1) is 17.6. The third-order valence-electron chi connectivity index (χ3n) is 4.34. The molecule has 23 heavy (non-hydrogen) atoms. The second kappa shape index (κ2) is 7.19. The van der Waals surface area contributed by atoms with E-state index in [-0.39, 0.29) is 36.8 Å². The number of amides is 2. The largest absolute Gasteiger partial charge is 0.479 e. The lowest BCUT2D eigenvalue weighted by Gasteiger charge is -2.34. The van der Waals surface area contributed by atoms with Crippen LogP contribution in [0.5, 0.6) is 5.75 Å². The number of nitrogens with zero attached hydrogens (tertiary/aromatic N) is 2. The molecule has 0 radical (unpaired) electrons. The normalized spacial score (nSPS) is 23.1. The van der Waals surface area contributed by atoms with Crippen LogP contribution in [0, 0.1) is 0 Å². The van der Waals surface area contributed by atoms with Crippen molar-refractivity contribution in [3.05, 3.63) is 24.3 Å². The zero-order chi connectivity index (χ0) is 15.7. The van der Waals surface area contributed by atoms with Gasteiger partial charge in [0.05, 0.1) is 5.69 Å². The van der Waals surface area contributed by atoms with Crippen molar-refractivity contribution in [3.8, 4) is 5.75 Å². The quantitative estimate of drug-likeness (QED) is 0.897. The lowest BCUT2D eigenvalue weighted by atomic mass is 10.2. The summed E-state index contributed by atoms with van der Waals surface area (Å²) >= 11 is 0. The smallest absolute Gasteiger partial charge is 0.268 e. The summed E-state index contributed by atoms with van der Waals surface area (Å²) in [6.07, 6.45) is 1.33. The number of nitrogens with two attached hydrogens (primary N) is 1. The third-order valence-corrected chi connectivity index (χ3v) is 4.34. The topological polar surface area (TPSA) is 75.9 Å². The molecule has 1 fully saturated rings. The number of ether oxygens (including phenoxy) is 1. The van der Waals surface area contributed by atoms with E-state index >= 15 is 0 Å². The maximum atomic E-state index is 12.6. The van der Waals surface area contributed by atoms with Gasteiger partial charge in [-0.15, -0.1) is 12.4 Å². The van der Waals surface area contributed by atoms with E-state index < -0.39 is 6.10 Å². The molecule has 3 rings (SSSR count). The van der Waals surface area contributed by atoms with Crippen molar-refractivity contribution in [2.24, 2.45) is 5.73 Å². The van der Waals surface area contributed by atoms with Gasteiger partial charge in [0.2, 0.25) is 5.91 Å². The Morgan fingerprint density at radius 3 is 2.87 bits per heavy atom. The van der Waals surface area contributed by atoms with E-state index in [0.717, 1.165) is 19.4 Å². The number of carbonyl (C=O) groups excluding carboxylic acids is 2. The van der Waals surface area contributed by atoms with E-state index in [1.165, 1.54) is 4.90 Å². The van der Waals surface area contributed by atoms with Crippen LogP contribution in [0.25, 0.3) is 0 Å². The molecule has 2 atom stereocenters. The van der Waals surface area contributed by atoms with Crippen LogP contribution in [0.15, 0.2) is 24.3 Å². The van der Waals surface area contributed by atoms with Gasteiger partial charge in [0.1, 0.15) is 12.3 Å². The molecule has 1 saturated heterocycles. The zero-order valence-electron chi connectivity index (χ0n) is 13.1. The number of carbonyl (C=O) groups is 2. The number of hydrogen-bond donors (Lipinski definition) is 1. The van der Waals surface area contributed by atoms with E-state index in [1.54, 1.807) is 17.9 Å². The molecule has 2 aliphatic rings. The Labute approximate surface area is 142 Å². The second-order valence-electron chi connectivity index (χ2n) is 5.77. The van der Waals surface area contributed by atoms with Crippen LogP contribution >= 0.6 is 12.4 Å². The molecule has 7 heteroatoms. The summed E-state index contributed by atoms with van der Waals surface area (Å²) in [5.41, 5.74) is 6.38. The summed E-state index contributed by atoms with van der Waals surface area (Å²) < 4.78 is 5.59. The van der Waals surface area contributed by atoms with Crippen molar-refractivity contribution >= 4 is 29.9 Å². The van der Waals surface area contributed by atoms with Gasteiger partial charge in [0, 0.05) is 19.1 Å². The van der Waals surface area contributed by atoms with E-state index in [4.69, 9.17) is 10.5 Å². The van der Waals surface area contributed by atoms with Gasteiger partial charge >= 0.3 is 0 Å². The fraction of sp³-hybridized carbons (Fsp3) is 0.500. The number of likely N-dealkylation sites (tertiary alicyclic amines) is 1. The van der Waals surface area contributed by atoms with E-state index in [1.807, 2.05) is 18.2 Å². The van der Waals surface area contributed by atoms with Crippen LogP contribution in [0.4, 0.5) is 5.69 Å². The van der Waals surface area contributed by atoms with Crippen LogP contribution in [0.3, 0.4) is 0 Å². The van der Waals surface area contributed by atoms with Crippen molar-refractivity contribution in [2.45, 2.75) is 31.9 Å². The fourth-order valence-corrected chi connectivity index (χ4v) is 3.16. The van der Waals surface area contributed by atoms with E-state index in [9.17, 15) is 9.59 Å². The van der Waals surface area contributed by atoms with Crippen molar-refractivity contribution < 1.29 is 14.3 Å². The Morgan fingerprint density at radius 1 is 1.39 bits per heavy atom. The number of rotatable bonds is 3. The summed E-state index contributed by atoms with van der Waals surface area (Å²) in [7, 11) is 0. The highest BCUT2D eigenvalue weighted by Gasteiger charge is 2.35. The molecular weight excluding hydrogens is 318 g/mol. The Kier molecular flexibility index (Phi) is 5.49. The molecule has 2 N–H and O–H groups in total. The first-order valence-corrected chi connectivity index (χ1v) is 7.68. The van der Waals surface area contributed by atoms with Crippen molar-refractivity contribution in [1.82, 2.24) is 4.90 Å². The van der Waals surface area contributed by atoms with Gasteiger partial charge in [0.15, 0.2) is 6.10 Å². The molecule has 2 heterocycles. The molecule has 0 aromatic heterocycles. The van der Waals surface area contributed by atoms with Gasteiger partial charge in [-0.3, -0.25) is 14.5 Å². The average molecular weight is 340 g/mol. The van der Waals surface area contributed by atoms with Crippen LogP contribution in [-0.4, -0.2) is 48.5 Å². The van der Waals surface area contributed by atoms with E-state index in [0.29, 0.717) is 18.0 Å². The fourth-order valence-electron chi connectivity index (χ4n) is 3.16. The minimum Gasteiger partial charge on any atom is -0.479 e. The van der Waals surface area contributed by atoms with Crippen molar-refractivity contribution in [1.29, 1.82) is 0 Å². The van der Waals surface area contributed by atoms with Gasteiger partial charge < -0.3 is 15.4 Å². The maximum absolute atomic E-state index is 12.6. The minimum atomic E-state index is -0.577. The van der Waals surface area contributed by atoms with Crippen LogP contribution in [0.1, 0.15) is 19.8 Å². The standard InChI is InChI=1S/C16H21N3O3.ClH/c1-11-16(21)19(13-6-2-3-7-14(13)22-11)10-15(20)18-8-4-5-12(18)9-17;/h2-3,6-7,11-12H,4-5,8-10,17H2,1H3;1H. The lowest BCUT2D eigenvalue weighted by molar-refractivity contribution is -0.133. The number of fused-ring (bicyclic) bond motifs is 1. The molecular formula is C16H22ClN3O3. The first-order chi connectivity index (χ1) is 10.6. The molecule has 0 saturated carbocycles. The summed E-state index contributed by atoms with van der Waals surface area (Å²) in [6.45, 7) is 2.93. The van der Waals surface area contributed by atoms with Gasteiger partial charge in [-0.2, -0.15) is 0 Å². The summed E-state index contributed by atoms with van der Waals surface area (Å²) in [6, 6.07) is 7.40. The highest BCUT2D eigenvalue weighted by Crippen LogP contribution is 2.33. The van der Waals surface area contributed by atoms with Crippen LogP contribution < -0.4 is 15.4 Å². The molecule has 0 bridgehead atoms. The number of benzene rings is 1. The highest BCUT2D eigenvalue weighted by molar-refractivity contribution is 6.03. The Balaban J connectivity index is 0.00000192. The predicted octanol–water partition coefficient (Wildman–Crippen LogP) is 1.17. The molecule has 126 valence electrons. The number of halogens is 1. The van der Waals surface area contributed by atoms with Crippen molar-refractivity contribution in [2.75, 3.05) is 24.5 Å². The van der Waals surface area contributed by atoms with Crippen molar-refractivity contribution in [3.63, 3.8) is 0 Å². The molecule has 2 aliphatic heterocycles. The number of hydrogen-bond acceptors (Lipinski definition) is 4. The Bertz CT molecular complexity index is 596. The first-order valence-electron chi connectivity index (χ1n) is 7.68. The van der Waals surface area contributed by atoms with E-state index in [2.05, 4.69) is 0 Å². The number of anilines is 1. The summed E-state index contributed by atoms with van der Waals surface area (Å²) in [4.78, 5) is 28.3. The average Bonchev–Trinajstić information content (AvgIpc) is 3.00. The minimum absolute atomic E-state index is 0. The molecule has 2 amide bonds. The maximum Gasteiger partial charge on any atom is 0.268 e.